The van der Waals surface area contributed by atoms with Gasteiger partial charge in [0.25, 0.3) is 0 Å². The van der Waals surface area contributed by atoms with Crippen LogP contribution in [0, 0.1) is 40.4 Å². The van der Waals surface area contributed by atoms with Crippen molar-refractivity contribution in [3.63, 3.8) is 0 Å². The highest BCUT2D eigenvalue weighted by atomic mass is 16.3. The van der Waals surface area contributed by atoms with Crippen LogP contribution < -0.4 is 0 Å². The lowest BCUT2D eigenvalue weighted by molar-refractivity contribution is -0.0714. The first-order valence-electron chi connectivity index (χ1n) is 13.2. The van der Waals surface area contributed by atoms with Crippen molar-refractivity contribution in [3.8, 4) is 0 Å². The maximum absolute atomic E-state index is 10.7. The molecule has 0 heterocycles. The average molecular weight is 429 g/mol. The van der Waals surface area contributed by atoms with Crippen LogP contribution in [0.15, 0.2) is 24.3 Å². The van der Waals surface area contributed by atoms with Gasteiger partial charge in [-0.3, -0.25) is 0 Å². The summed E-state index contributed by atoms with van der Waals surface area (Å²) in [6.45, 7) is 15.4. The van der Waals surface area contributed by atoms with E-state index in [-0.39, 0.29) is 0 Å². The molecule has 176 valence electrons. The van der Waals surface area contributed by atoms with Crippen molar-refractivity contribution >= 4 is 0 Å². The molecule has 0 spiro atoms. The molecule has 0 saturated heterocycles. The van der Waals surface area contributed by atoms with Crippen LogP contribution in [0.4, 0.5) is 0 Å². The second-order valence-corrected chi connectivity index (χ2v) is 13.2. The zero-order chi connectivity index (χ0) is 22.7. The van der Waals surface area contributed by atoms with Crippen LogP contribution >= 0.6 is 0 Å². The Morgan fingerprint density at radius 3 is 2.61 bits per heavy atom. The number of hydrogen-bond acceptors (Lipinski definition) is 2. The molecule has 31 heavy (non-hydrogen) atoms. The van der Waals surface area contributed by atoms with Crippen LogP contribution in [-0.4, -0.2) is 21.4 Å². The van der Waals surface area contributed by atoms with E-state index < -0.39 is 11.2 Å². The van der Waals surface area contributed by atoms with E-state index in [4.69, 9.17) is 0 Å². The molecule has 2 heteroatoms. The third-order valence-electron chi connectivity index (χ3n) is 10.9. The molecule has 0 aliphatic heterocycles. The number of fused-ring (bicyclic) bond motifs is 5. The minimum atomic E-state index is -0.603. The predicted molar refractivity (Wildman–Crippen MR) is 130 cm³/mol. The molecule has 0 aromatic rings. The minimum Gasteiger partial charge on any atom is -0.390 e. The van der Waals surface area contributed by atoms with Crippen molar-refractivity contribution < 1.29 is 10.2 Å². The normalized spacial score (nSPS) is 47.4. The fraction of sp³-hybridized carbons (Fsp3) is 0.862. The molecule has 4 aliphatic carbocycles. The Morgan fingerprint density at radius 2 is 1.90 bits per heavy atom. The summed E-state index contributed by atoms with van der Waals surface area (Å²) in [4.78, 5) is 0. The first-order valence-corrected chi connectivity index (χ1v) is 13.2. The van der Waals surface area contributed by atoms with Gasteiger partial charge in [-0.05, 0) is 125 Å². The topological polar surface area (TPSA) is 40.5 Å². The lowest BCUT2D eigenvalue weighted by Gasteiger charge is -2.59. The van der Waals surface area contributed by atoms with Crippen molar-refractivity contribution in [2.75, 3.05) is 0 Å². The minimum absolute atomic E-state index is 0.319. The fourth-order valence-electron chi connectivity index (χ4n) is 8.93. The molecule has 0 aromatic carbocycles. The molecule has 0 radical (unpaired) electrons. The summed E-state index contributed by atoms with van der Waals surface area (Å²) in [6, 6.07) is 0. The number of allylic oxidation sites excluding steroid dienone is 1. The van der Waals surface area contributed by atoms with Gasteiger partial charge in [0.1, 0.15) is 0 Å². The number of hydrogen-bond donors (Lipinski definition) is 2. The lowest BCUT2D eigenvalue weighted by Crippen LogP contribution is -2.52. The van der Waals surface area contributed by atoms with Crippen molar-refractivity contribution in [1.82, 2.24) is 0 Å². The van der Waals surface area contributed by atoms with Gasteiger partial charge in [0.2, 0.25) is 0 Å². The summed E-state index contributed by atoms with van der Waals surface area (Å²) < 4.78 is 0. The molecule has 3 saturated carbocycles. The van der Waals surface area contributed by atoms with Gasteiger partial charge in [-0.25, -0.2) is 0 Å². The largest absolute Gasteiger partial charge is 0.390 e. The molecule has 2 nitrogen and oxygen atoms in total. The van der Waals surface area contributed by atoms with Gasteiger partial charge in [-0.1, -0.05) is 38.5 Å². The summed E-state index contributed by atoms with van der Waals surface area (Å²) in [5.41, 5.74) is 1.25. The Bertz CT molecular complexity index is 718. The number of aliphatic hydroxyl groups is 2. The Hall–Kier alpha value is -0.600. The van der Waals surface area contributed by atoms with E-state index in [1.165, 1.54) is 32.1 Å². The zero-order valence-corrected chi connectivity index (χ0v) is 20.9. The smallest absolute Gasteiger partial charge is 0.0657 e. The first kappa shape index (κ1) is 23.6. The summed E-state index contributed by atoms with van der Waals surface area (Å²) in [6.07, 6.45) is 16.9. The lowest BCUT2D eigenvalue weighted by atomic mass is 9.46. The highest BCUT2D eigenvalue weighted by Crippen LogP contribution is 2.67. The van der Waals surface area contributed by atoms with Crippen molar-refractivity contribution in [2.24, 2.45) is 40.4 Å². The van der Waals surface area contributed by atoms with Crippen molar-refractivity contribution in [1.29, 1.82) is 0 Å². The Labute approximate surface area is 191 Å². The zero-order valence-electron chi connectivity index (χ0n) is 20.9. The van der Waals surface area contributed by atoms with Crippen LogP contribution in [0.5, 0.6) is 0 Å². The highest BCUT2D eigenvalue weighted by molar-refractivity contribution is 5.26. The third kappa shape index (κ3) is 4.10. The van der Waals surface area contributed by atoms with Crippen LogP contribution in [0.1, 0.15) is 105 Å². The molecular weight excluding hydrogens is 380 g/mol. The van der Waals surface area contributed by atoms with E-state index >= 15 is 0 Å². The summed E-state index contributed by atoms with van der Waals surface area (Å²) >= 11 is 0. The van der Waals surface area contributed by atoms with Crippen LogP contribution in [0.25, 0.3) is 0 Å². The molecule has 4 aliphatic rings. The van der Waals surface area contributed by atoms with E-state index in [0.717, 1.165) is 55.8 Å². The average Bonchev–Trinajstić information content (AvgIpc) is 3.04. The van der Waals surface area contributed by atoms with E-state index in [0.29, 0.717) is 23.2 Å². The van der Waals surface area contributed by atoms with E-state index in [1.54, 1.807) is 5.57 Å². The molecule has 2 N–H and O–H groups in total. The Morgan fingerprint density at radius 1 is 1.16 bits per heavy atom. The van der Waals surface area contributed by atoms with Crippen molar-refractivity contribution in [2.45, 2.75) is 116 Å². The summed E-state index contributed by atoms with van der Waals surface area (Å²) in [5.74, 6) is 3.96. The molecule has 0 aromatic heterocycles. The Balaban J connectivity index is 1.49. The molecule has 2 unspecified atom stereocenters. The van der Waals surface area contributed by atoms with E-state index in [2.05, 4.69) is 33.4 Å². The SMILES string of the molecule is C=CCC(C)(O)CC[C@@H](C)[C@H]1CC[C@H]2C3CC=C4C[C@@](C)(O)CC[C@]4(C)[C@H]3CC[C@]12C. The van der Waals surface area contributed by atoms with Gasteiger partial charge >= 0.3 is 0 Å². The van der Waals surface area contributed by atoms with Crippen LogP contribution in [0.3, 0.4) is 0 Å². The van der Waals surface area contributed by atoms with Gasteiger partial charge in [0.05, 0.1) is 11.2 Å². The standard InChI is InChI=1S/C29H48O2/c1-7-14-26(3,30)15-12-20(2)23-10-11-24-22-9-8-21-19-27(4,31)17-18-28(21,5)25(22)13-16-29(23,24)6/h7-8,20,22-25,30-31H,1,9-19H2,2-6H3/t20-,22?,23-,24+,25+,26?,27+,28+,29-/m1/s1. The molecular formula is C29H48O2. The van der Waals surface area contributed by atoms with Crippen molar-refractivity contribution in [3.05, 3.63) is 24.3 Å². The maximum Gasteiger partial charge on any atom is 0.0657 e. The second-order valence-electron chi connectivity index (χ2n) is 13.2. The molecule has 9 atom stereocenters. The van der Waals surface area contributed by atoms with E-state index in [1.807, 2.05) is 19.9 Å². The summed E-state index contributed by atoms with van der Waals surface area (Å²) in [5, 5.41) is 21.3. The van der Waals surface area contributed by atoms with E-state index in [9.17, 15) is 10.2 Å². The van der Waals surface area contributed by atoms with Gasteiger partial charge in [0.15, 0.2) is 0 Å². The third-order valence-corrected chi connectivity index (χ3v) is 10.9. The van der Waals surface area contributed by atoms with Crippen LogP contribution in [-0.2, 0) is 0 Å². The molecule has 0 bridgehead atoms. The first-order chi connectivity index (χ1) is 14.4. The monoisotopic (exact) mass is 428 g/mol. The maximum atomic E-state index is 10.7. The number of rotatable bonds is 6. The highest BCUT2D eigenvalue weighted by Gasteiger charge is 2.59. The predicted octanol–water partition coefficient (Wildman–Crippen LogP) is 7.06. The quantitative estimate of drug-likeness (QED) is 0.445. The summed E-state index contributed by atoms with van der Waals surface area (Å²) in [7, 11) is 0. The van der Waals surface area contributed by atoms with Gasteiger partial charge in [-0.15, -0.1) is 6.58 Å². The second kappa shape index (κ2) is 8.01. The van der Waals surface area contributed by atoms with Gasteiger partial charge in [-0.2, -0.15) is 0 Å². The molecule has 3 fully saturated rings. The van der Waals surface area contributed by atoms with Gasteiger partial charge in [0, 0.05) is 0 Å². The molecule has 4 rings (SSSR count). The molecule has 0 amide bonds. The fourth-order valence-corrected chi connectivity index (χ4v) is 8.93. The Kier molecular flexibility index (Phi) is 6.09. The van der Waals surface area contributed by atoms with Crippen LogP contribution in [0.2, 0.25) is 0 Å². The van der Waals surface area contributed by atoms with Gasteiger partial charge < -0.3 is 10.2 Å².